The quantitative estimate of drug-likeness (QED) is 0.103. The molecule has 0 unspecified atom stereocenters. The van der Waals surface area contributed by atoms with Crippen LogP contribution in [0.5, 0.6) is 0 Å². The van der Waals surface area contributed by atoms with Gasteiger partial charge in [-0.25, -0.2) is 39.8 Å². The first-order valence-corrected chi connectivity index (χ1v) is 22.0. The number of nitrogens with zero attached hydrogens (tertiary/aromatic N) is 7. The van der Waals surface area contributed by atoms with Crippen LogP contribution in [0.2, 0.25) is 5.02 Å². The van der Waals surface area contributed by atoms with Gasteiger partial charge in [-0.05, 0) is 79.3 Å². The van der Waals surface area contributed by atoms with Gasteiger partial charge in [-0.2, -0.15) is 10.2 Å². The maximum atomic E-state index is 14.8. The Kier molecular flexibility index (Phi) is 11.3. The molecule has 4 heterocycles. The number of aliphatic imine (C=N–C) groups is 1. The molecule has 328 valence electrons. The minimum atomic E-state index is -3.95. The summed E-state index contributed by atoms with van der Waals surface area (Å²) in [5.74, 6) is -2.63. The molecule has 62 heavy (non-hydrogen) atoms. The minimum absolute atomic E-state index is 0.0118. The fraction of sp³-hybridized carbons (Fsp3) is 0.415. The number of amides is 1. The van der Waals surface area contributed by atoms with Crippen molar-refractivity contribution in [2.75, 3.05) is 40.8 Å². The number of amidine groups is 1. The molecule has 9 rings (SSSR count). The zero-order valence-corrected chi connectivity index (χ0v) is 34.5. The van der Waals surface area contributed by atoms with E-state index in [0.717, 1.165) is 35.3 Å². The molecule has 1 saturated heterocycles. The lowest BCUT2D eigenvalue weighted by Gasteiger charge is -2.36. The van der Waals surface area contributed by atoms with Crippen molar-refractivity contribution in [2.24, 2.45) is 4.99 Å². The van der Waals surface area contributed by atoms with Gasteiger partial charge in [-0.3, -0.25) is 18.9 Å². The smallest absolute Gasteiger partial charge is 0.282 e. The molecule has 0 spiro atoms. The van der Waals surface area contributed by atoms with Crippen LogP contribution >= 0.6 is 11.6 Å². The van der Waals surface area contributed by atoms with E-state index in [1.807, 2.05) is 18.2 Å². The first-order valence-electron chi connectivity index (χ1n) is 20.1. The number of alkyl halides is 4. The van der Waals surface area contributed by atoms with Gasteiger partial charge in [0.25, 0.3) is 12.9 Å². The average Bonchev–Trinajstić information content (AvgIpc) is 4.17. The molecule has 21 heteroatoms. The maximum absolute atomic E-state index is 14.8. The van der Waals surface area contributed by atoms with E-state index in [2.05, 4.69) is 25.1 Å². The summed E-state index contributed by atoms with van der Waals surface area (Å²) in [6.45, 7) is 0.820. The second-order valence-corrected chi connectivity index (χ2v) is 18.2. The van der Waals surface area contributed by atoms with Crippen LogP contribution in [-0.2, 0) is 45.6 Å². The Morgan fingerprint density at radius 2 is 1.66 bits per heavy atom. The highest BCUT2D eigenvalue weighted by Crippen LogP contribution is 2.43. The zero-order valence-electron chi connectivity index (χ0n) is 32.9. The molecule has 2 saturated carbocycles. The Bertz CT molecular complexity index is 2660. The molecule has 2 aliphatic heterocycles. The summed E-state index contributed by atoms with van der Waals surface area (Å²) in [6, 6.07) is 11.6. The van der Waals surface area contributed by atoms with E-state index in [1.165, 1.54) is 22.9 Å². The molecule has 0 radical (unpaired) electrons. The number of aromatic nitrogens is 4. The normalized spacial score (nSPS) is 17.5. The topological polar surface area (TPSA) is 139 Å². The number of morpholine rings is 1. The van der Waals surface area contributed by atoms with Gasteiger partial charge in [0.2, 0.25) is 15.9 Å². The number of benzene rings is 3. The highest BCUT2D eigenvalue weighted by molar-refractivity contribution is 7.93. The summed E-state index contributed by atoms with van der Waals surface area (Å²) in [7, 11) is -3.95. The second kappa shape index (κ2) is 16.7. The number of ether oxygens (including phenoxy) is 1. The highest BCUT2D eigenvalue weighted by atomic mass is 35.5. The van der Waals surface area contributed by atoms with E-state index in [9.17, 15) is 39.6 Å². The predicted octanol–water partition coefficient (Wildman–Crippen LogP) is 7.46. The van der Waals surface area contributed by atoms with Gasteiger partial charge in [0.05, 0.1) is 58.4 Å². The molecule has 1 atom stereocenters. The number of fused-ring (bicyclic) bond motifs is 2. The van der Waals surface area contributed by atoms with Crippen molar-refractivity contribution in [1.29, 1.82) is 0 Å². The van der Waals surface area contributed by atoms with Crippen LogP contribution in [0, 0.1) is 11.6 Å². The van der Waals surface area contributed by atoms with E-state index >= 15 is 0 Å². The first-order chi connectivity index (χ1) is 29.7. The van der Waals surface area contributed by atoms with Crippen LogP contribution < -0.4 is 19.8 Å². The number of nitrogens with one attached hydrogen (secondary N) is 2. The number of carbonyl (C=O) groups is 1. The summed E-state index contributed by atoms with van der Waals surface area (Å²) in [6.07, 6.45) is -3.74. The van der Waals surface area contributed by atoms with Gasteiger partial charge in [0, 0.05) is 42.9 Å². The molecular weight excluding hydrogens is 864 g/mol. The predicted molar refractivity (Wildman–Crippen MR) is 220 cm³/mol. The molecule has 3 aromatic carbocycles. The fourth-order valence-corrected chi connectivity index (χ4v) is 9.65. The van der Waals surface area contributed by atoms with Crippen molar-refractivity contribution >= 4 is 67.1 Å². The molecule has 2 aromatic heterocycles. The van der Waals surface area contributed by atoms with E-state index in [1.54, 1.807) is 4.90 Å². The zero-order chi connectivity index (χ0) is 43.4. The van der Waals surface area contributed by atoms with Gasteiger partial charge in [-0.1, -0.05) is 17.7 Å². The molecule has 13 nitrogen and oxygen atoms in total. The Labute approximate surface area is 356 Å². The van der Waals surface area contributed by atoms with Crippen LogP contribution in [0.15, 0.2) is 59.6 Å². The Balaban J connectivity index is 1.19. The molecule has 5 aromatic rings. The van der Waals surface area contributed by atoms with Crippen LogP contribution in [0.3, 0.4) is 0 Å². The molecule has 4 aliphatic rings. The number of rotatable bonds is 15. The lowest BCUT2D eigenvalue weighted by molar-refractivity contribution is -0.122. The maximum Gasteiger partial charge on any atom is 0.282 e. The summed E-state index contributed by atoms with van der Waals surface area (Å²) < 4.78 is 122. The number of anilines is 3. The Morgan fingerprint density at radius 1 is 0.919 bits per heavy atom. The van der Waals surface area contributed by atoms with Crippen LogP contribution in [0.1, 0.15) is 60.5 Å². The third kappa shape index (κ3) is 8.81. The van der Waals surface area contributed by atoms with Gasteiger partial charge in [-0.15, -0.1) is 0 Å². The van der Waals surface area contributed by atoms with Crippen LogP contribution in [0.25, 0.3) is 10.9 Å². The van der Waals surface area contributed by atoms with Crippen LogP contribution in [-0.4, -0.2) is 83.7 Å². The number of sulfonamides is 1. The monoisotopic (exact) mass is 903 g/mol. The van der Waals surface area contributed by atoms with Crippen LogP contribution in [0.4, 0.5) is 49.2 Å². The SMILES string of the molecule is O=C(Cn1nc(C(F)F)cc1C1CC1)N[C@@H](Cc1cc(F)cc(F)c1)C1=Nc2cc(N3CCOCC3)ccc2CN1c1ccc(Cl)c2c(NS(=O)(=O)C3CC3)nn(CC(F)F)c12. The molecule has 0 bridgehead atoms. The van der Waals surface area contributed by atoms with E-state index in [0.29, 0.717) is 62.2 Å². The van der Waals surface area contributed by atoms with Crippen molar-refractivity contribution in [1.82, 2.24) is 24.9 Å². The van der Waals surface area contributed by atoms with Crippen molar-refractivity contribution in [3.8, 4) is 0 Å². The van der Waals surface area contributed by atoms with Gasteiger partial charge in [0.1, 0.15) is 36.3 Å². The van der Waals surface area contributed by atoms with Crippen molar-refractivity contribution in [3.05, 3.63) is 93.8 Å². The summed E-state index contributed by atoms with van der Waals surface area (Å²) in [5.41, 5.74) is 2.34. The Hall–Kier alpha value is -5.34. The standard InChI is InChI=1S/C41H40ClF6N9O4S/c42-29-7-8-33(38-37(29)40(52-57(38)20-35(45)46)53-62(59,60)28-5-6-28)55-19-24-3-4-27(54-9-11-61-12-10-54)17-30(24)50-41(55)32(15-22-13-25(43)16-26(44)14-22)49-36(58)21-56-34(23-1-2-23)18-31(51-56)39(47)48/h3-4,7-8,13-14,16-18,23,28,32,35,39H,1-2,5-6,9-12,15,19-21H2,(H,49,58)(H,52,53)/t32-/m0/s1. The minimum Gasteiger partial charge on any atom is -0.378 e. The van der Waals surface area contributed by atoms with Gasteiger partial charge in [0.15, 0.2) is 5.82 Å². The third-order valence-electron chi connectivity index (χ3n) is 11.3. The molecule has 3 fully saturated rings. The molecule has 1 amide bonds. The molecular formula is C41H40ClF6N9O4S. The largest absolute Gasteiger partial charge is 0.378 e. The number of halogens is 7. The van der Waals surface area contributed by atoms with Crippen molar-refractivity contribution < 1.29 is 44.3 Å². The molecule has 2 aliphatic carbocycles. The second-order valence-electron chi connectivity index (χ2n) is 15.9. The summed E-state index contributed by atoms with van der Waals surface area (Å²) in [5, 5.41) is 10.6. The third-order valence-corrected chi connectivity index (χ3v) is 13.4. The number of carbonyl (C=O) groups excluding carboxylic acids is 1. The number of hydrogen-bond donors (Lipinski definition) is 2. The van der Waals surface area contributed by atoms with E-state index < -0.39 is 70.5 Å². The van der Waals surface area contributed by atoms with Gasteiger partial charge >= 0.3 is 0 Å². The highest BCUT2D eigenvalue weighted by Gasteiger charge is 2.38. The summed E-state index contributed by atoms with van der Waals surface area (Å²) >= 11 is 6.74. The lowest BCUT2D eigenvalue weighted by atomic mass is 10.00. The Morgan fingerprint density at radius 3 is 2.34 bits per heavy atom. The van der Waals surface area contributed by atoms with E-state index in [4.69, 9.17) is 21.3 Å². The van der Waals surface area contributed by atoms with E-state index in [-0.39, 0.29) is 57.7 Å². The lowest BCUT2D eigenvalue weighted by Crippen LogP contribution is -2.51. The summed E-state index contributed by atoms with van der Waals surface area (Å²) in [4.78, 5) is 23.0. The fourth-order valence-electron chi connectivity index (χ4n) is 8.07. The van der Waals surface area contributed by atoms with Gasteiger partial charge < -0.3 is 19.9 Å². The molecule has 2 N–H and O–H groups in total. The average molecular weight is 904 g/mol. The first kappa shape index (κ1) is 42.0. The van der Waals surface area contributed by atoms with Crippen molar-refractivity contribution in [2.45, 2.75) is 81.8 Å². The number of hydrogen-bond acceptors (Lipinski definition) is 9. The van der Waals surface area contributed by atoms with Crippen molar-refractivity contribution in [3.63, 3.8) is 0 Å².